The van der Waals surface area contributed by atoms with Gasteiger partial charge >= 0.3 is 0 Å². The van der Waals surface area contributed by atoms with E-state index in [1.165, 1.54) is 11.8 Å². The summed E-state index contributed by atoms with van der Waals surface area (Å²) in [7, 11) is 0. The minimum absolute atomic E-state index is 0.193. The highest BCUT2D eigenvalue weighted by atomic mass is 35.5. The Morgan fingerprint density at radius 2 is 1.96 bits per heavy atom. The molecule has 5 nitrogen and oxygen atoms in total. The fourth-order valence-corrected chi connectivity index (χ4v) is 3.77. The van der Waals surface area contributed by atoms with E-state index in [1.807, 2.05) is 60.2 Å². The van der Waals surface area contributed by atoms with Crippen LogP contribution in [-0.4, -0.2) is 20.7 Å². The Labute approximate surface area is 171 Å². The molecule has 140 valence electrons. The number of phenolic OH excluding ortho intramolecular Hbond substituents is 1. The Kier molecular flexibility index (Phi) is 4.98. The van der Waals surface area contributed by atoms with Crippen LogP contribution in [0.2, 0.25) is 5.02 Å². The molecule has 0 unspecified atom stereocenters. The molecule has 0 atom stereocenters. The smallest absolute Gasteiger partial charge is 0.264 e. The number of thioether (sulfide) groups is 1. The fraction of sp³-hybridized carbons (Fsp3) is 0.0476. The van der Waals surface area contributed by atoms with Gasteiger partial charge in [-0.1, -0.05) is 17.7 Å². The number of aryl methyl sites for hydroxylation is 1. The SMILES string of the molecule is Cc1ccc(Cl)cc1/N=C1\NC(=O)/C(=C/c2cccn2-c2ccc(O)cc2)S1. The normalized spacial score (nSPS) is 16.7. The minimum Gasteiger partial charge on any atom is -0.508 e. The van der Waals surface area contributed by atoms with Gasteiger partial charge in [-0.05, 0) is 78.9 Å². The third-order valence-corrected chi connectivity index (χ3v) is 5.38. The first-order chi connectivity index (χ1) is 13.5. The highest BCUT2D eigenvalue weighted by molar-refractivity contribution is 8.18. The molecule has 1 amide bonds. The Morgan fingerprint density at radius 1 is 1.18 bits per heavy atom. The van der Waals surface area contributed by atoms with Crippen molar-refractivity contribution in [1.29, 1.82) is 0 Å². The van der Waals surface area contributed by atoms with Gasteiger partial charge in [0.1, 0.15) is 5.75 Å². The molecular weight excluding hydrogens is 394 g/mol. The summed E-state index contributed by atoms with van der Waals surface area (Å²) in [5.41, 5.74) is 3.44. The van der Waals surface area contributed by atoms with Gasteiger partial charge in [-0.25, -0.2) is 4.99 Å². The van der Waals surface area contributed by atoms with Gasteiger partial charge < -0.3 is 15.0 Å². The number of aromatic nitrogens is 1. The number of benzene rings is 2. The number of phenols is 1. The Morgan fingerprint density at radius 3 is 2.75 bits per heavy atom. The van der Waals surface area contributed by atoms with Crippen LogP contribution in [0, 0.1) is 6.92 Å². The number of halogens is 1. The molecule has 7 heteroatoms. The number of hydrogen-bond donors (Lipinski definition) is 2. The molecule has 1 aliphatic heterocycles. The van der Waals surface area contributed by atoms with Crippen LogP contribution in [0.3, 0.4) is 0 Å². The number of amides is 1. The lowest BCUT2D eigenvalue weighted by Crippen LogP contribution is -2.19. The van der Waals surface area contributed by atoms with Crippen LogP contribution in [0.15, 0.2) is 70.7 Å². The van der Waals surface area contributed by atoms with Crippen LogP contribution in [0.5, 0.6) is 5.75 Å². The van der Waals surface area contributed by atoms with E-state index in [0.717, 1.165) is 22.6 Å². The Balaban J connectivity index is 1.63. The van der Waals surface area contributed by atoms with Crippen LogP contribution in [0.4, 0.5) is 5.69 Å². The molecule has 2 N–H and O–H groups in total. The van der Waals surface area contributed by atoms with Crippen LogP contribution >= 0.6 is 23.4 Å². The molecule has 4 rings (SSSR count). The molecule has 1 aliphatic rings. The van der Waals surface area contributed by atoms with Crippen LogP contribution < -0.4 is 5.32 Å². The van der Waals surface area contributed by atoms with Gasteiger partial charge in [-0.3, -0.25) is 4.79 Å². The predicted molar refractivity (Wildman–Crippen MR) is 114 cm³/mol. The van der Waals surface area contributed by atoms with Gasteiger partial charge in [-0.15, -0.1) is 0 Å². The molecule has 1 fully saturated rings. The third-order valence-electron chi connectivity index (χ3n) is 4.23. The van der Waals surface area contributed by atoms with Gasteiger partial charge in [0.25, 0.3) is 5.91 Å². The summed E-state index contributed by atoms with van der Waals surface area (Å²) >= 11 is 7.33. The van der Waals surface area contributed by atoms with E-state index in [-0.39, 0.29) is 11.7 Å². The second-order valence-electron chi connectivity index (χ2n) is 6.23. The summed E-state index contributed by atoms with van der Waals surface area (Å²) in [5.74, 6) is 0.0144. The zero-order valence-corrected chi connectivity index (χ0v) is 16.5. The third kappa shape index (κ3) is 3.83. The monoisotopic (exact) mass is 409 g/mol. The predicted octanol–water partition coefficient (Wildman–Crippen LogP) is 5.04. The fourth-order valence-electron chi connectivity index (χ4n) is 2.79. The van der Waals surface area contributed by atoms with Crippen molar-refractivity contribution in [2.45, 2.75) is 6.92 Å². The molecule has 3 aromatic rings. The molecule has 0 saturated carbocycles. The second-order valence-corrected chi connectivity index (χ2v) is 7.70. The first-order valence-corrected chi connectivity index (χ1v) is 9.71. The summed E-state index contributed by atoms with van der Waals surface area (Å²) in [6.45, 7) is 1.94. The summed E-state index contributed by atoms with van der Waals surface area (Å²) in [4.78, 5) is 17.5. The van der Waals surface area contributed by atoms with Gasteiger partial charge in [0.15, 0.2) is 5.17 Å². The van der Waals surface area contributed by atoms with Gasteiger partial charge in [0.05, 0.1) is 10.6 Å². The maximum atomic E-state index is 12.4. The van der Waals surface area contributed by atoms with Crippen molar-refractivity contribution < 1.29 is 9.90 Å². The molecule has 0 aliphatic carbocycles. The molecule has 0 radical (unpaired) electrons. The van der Waals surface area contributed by atoms with Crippen molar-refractivity contribution in [3.8, 4) is 11.4 Å². The highest BCUT2D eigenvalue weighted by Crippen LogP contribution is 2.31. The number of aliphatic imine (C=N–C) groups is 1. The number of carbonyl (C=O) groups is 1. The lowest BCUT2D eigenvalue weighted by atomic mass is 10.2. The average molecular weight is 410 g/mol. The second kappa shape index (κ2) is 7.58. The summed E-state index contributed by atoms with van der Waals surface area (Å²) in [5, 5.41) is 13.4. The van der Waals surface area contributed by atoms with Gasteiger partial charge in [-0.2, -0.15) is 0 Å². The van der Waals surface area contributed by atoms with Gasteiger partial charge in [0.2, 0.25) is 0 Å². The van der Waals surface area contributed by atoms with E-state index >= 15 is 0 Å². The molecule has 2 aromatic carbocycles. The highest BCUT2D eigenvalue weighted by Gasteiger charge is 2.24. The molecule has 1 saturated heterocycles. The molecule has 28 heavy (non-hydrogen) atoms. The van der Waals surface area contributed by atoms with Crippen molar-refractivity contribution in [1.82, 2.24) is 9.88 Å². The molecule has 1 aromatic heterocycles. The molecule has 2 heterocycles. The number of carbonyl (C=O) groups excluding carboxylic acids is 1. The van der Waals surface area contributed by atoms with E-state index in [0.29, 0.717) is 15.1 Å². The molecule has 0 spiro atoms. The summed E-state index contributed by atoms with van der Waals surface area (Å²) in [6, 6.07) is 16.2. The maximum absolute atomic E-state index is 12.4. The quantitative estimate of drug-likeness (QED) is 0.596. The van der Waals surface area contributed by atoms with Crippen LogP contribution in [0.1, 0.15) is 11.3 Å². The number of aromatic hydroxyl groups is 1. The number of amidine groups is 1. The zero-order chi connectivity index (χ0) is 19.7. The van der Waals surface area contributed by atoms with Crippen LogP contribution in [0.25, 0.3) is 11.8 Å². The lowest BCUT2D eigenvalue weighted by Gasteiger charge is -2.06. The lowest BCUT2D eigenvalue weighted by molar-refractivity contribution is -0.115. The average Bonchev–Trinajstić information content (AvgIpc) is 3.26. The standard InChI is InChI=1S/C21H16ClN3O2S/c1-13-4-5-14(22)11-18(13)23-21-24-20(27)19(28-21)12-16-3-2-10-25(16)15-6-8-17(26)9-7-15/h2-12,26H,1H3,(H,23,24,27)/b19-12-. The molecule has 0 bridgehead atoms. The van der Waals surface area contributed by atoms with Crippen molar-refractivity contribution in [3.05, 3.63) is 82.0 Å². The molecular formula is C21H16ClN3O2S. The van der Waals surface area contributed by atoms with Crippen LogP contribution in [-0.2, 0) is 4.79 Å². The van der Waals surface area contributed by atoms with E-state index in [9.17, 15) is 9.90 Å². The topological polar surface area (TPSA) is 66.6 Å². The van der Waals surface area contributed by atoms with Gasteiger partial charge in [0, 0.05) is 22.6 Å². The van der Waals surface area contributed by atoms with E-state index in [2.05, 4.69) is 10.3 Å². The minimum atomic E-state index is -0.193. The van der Waals surface area contributed by atoms with E-state index in [4.69, 9.17) is 11.6 Å². The van der Waals surface area contributed by atoms with E-state index in [1.54, 1.807) is 18.2 Å². The summed E-state index contributed by atoms with van der Waals surface area (Å²) < 4.78 is 1.94. The first kappa shape index (κ1) is 18.4. The zero-order valence-electron chi connectivity index (χ0n) is 14.9. The van der Waals surface area contributed by atoms with Crippen molar-refractivity contribution in [3.63, 3.8) is 0 Å². The number of hydrogen-bond acceptors (Lipinski definition) is 4. The van der Waals surface area contributed by atoms with Crippen molar-refractivity contribution >= 4 is 46.2 Å². The Hall–Kier alpha value is -2.96. The van der Waals surface area contributed by atoms with Crippen molar-refractivity contribution in [2.24, 2.45) is 4.99 Å². The largest absolute Gasteiger partial charge is 0.508 e. The summed E-state index contributed by atoms with van der Waals surface area (Å²) in [6.07, 6.45) is 3.72. The number of nitrogens with zero attached hydrogens (tertiary/aromatic N) is 2. The Bertz CT molecular complexity index is 1120. The first-order valence-electron chi connectivity index (χ1n) is 8.52. The number of nitrogens with one attached hydrogen (secondary N) is 1. The van der Waals surface area contributed by atoms with Crippen molar-refractivity contribution in [2.75, 3.05) is 0 Å². The maximum Gasteiger partial charge on any atom is 0.264 e. The number of rotatable bonds is 3. The van der Waals surface area contributed by atoms with E-state index < -0.39 is 0 Å².